The molecule has 0 aliphatic rings. The maximum Gasteiger partial charge on any atom is 0.148 e. The minimum absolute atomic E-state index is 0.0346. The van der Waals surface area contributed by atoms with Gasteiger partial charge in [0.05, 0.1) is 13.2 Å². The highest BCUT2D eigenvalue weighted by Gasteiger charge is 2.05. The standard InChI is InChI=1S/C10H11N3O2/c11-13-12-6-10(7-14)15-8-9-4-2-1-3-5-9/h1-5,7,10H,6,8H2. The Morgan fingerprint density at radius 2 is 2.20 bits per heavy atom. The Morgan fingerprint density at radius 1 is 1.47 bits per heavy atom. The van der Waals surface area contributed by atoms with Crippen molar-refractivity contribution in [2.45, 2.75) is 12.7 Å². The first-order chi connectivity index (χ1) is 7.36. The predicted molar refractivity (Wildman–Crippen MR) is 55.1 cm³/mol. The van der Waals surface area contributed by atoms with Crippen LogP contribution in [-0.2, 0) is 16.1 Å². The summed E-state index contributed by atoms with van der Waals surface area (Å²) in [6.07, 6.45) is -0.0291. The highest BCUT2D eigenvalue weighted by atomic mass is 16.5. The summed E-state index contributed by atoms with van der Waals surface area (Å²) in [5.41, 5.74) is 9.06. The lowest BCUT2D eigenvalue weighted by Crippen LogP contribution is -2.17. The third-order valence-electron chi connectivity index (χ3n) is 1.78. The van der Waals surface area contributed by atoms with Crippen LogP contribution in [0.1, 0.15) is 5.56 Å². The molecule has 0 fully saturated rings. The largest absolute Gasteiger partial charge is 0.366 e. The first-order valence-electron chi connectivity index (χ1n) is 4.48. The van der Waals surface area contributed by atoms with E-state index >= 15 is 0 Å². The minimum atomic E-state index is -0.666. The van der Waals surface area contributed by atoms with Crippen molar-refractivity contribution in [1.29, 1.82) is 0 Å². The van der Waals surface area contributed by atoms with E-state index in [1.54, 1.807) is 0 Å². The maximum absolute atomic E-state index is 10.5. The fraction of sp³-hybridized carbons (Fsp3) is 0.300. The Hall–Kier alpha value is -1.84. The normalized spacial score (nSPS) is 11.5. The van der Waals surface area contributed by atoms with Gasteiger partial charge in [-0.2, -0.15) is 0 Å². The van der Waals surface area contributed by atoms with Crippen LogP contribution in [0, 0.1) is 0 Å². The number of nitrogens with zero attached hydrogens (tertiary/aromatic N) is 3. The molecule has 0 heterocycles. The SMILES string of the molecule is [N-]=[N+]=NCC(C=O)OCc1ccccc1. The molecule has 1 aromatic rings. The molecule has 0 spiro atoms. The fourth-order valence-electron chi connectivity index (χ4n) is 1.03. The number of hydrogen-bond donors (Lipinski definition) is 0. The van der Waals surface area contributed by atoms with Gasteiger partial charge < -0.3 is 9.53 Å². The van der Waals surface area contributed by atoms with E-state index in [-0.39, 0.29) is 6.54 Å². The number of benzene rings is 1. The molecule has 0 saturated carbocycles. The van der Waals surface area contributed by atoms with Gasteiger partial charge in [-0.3, -0.25) is 0 Å². The van der Waals surface area contributed by atoms with Crippen molar-refractivity contribution in [3.63, 3.8) is 0 Å². The van der Waals surface area contributed by atoms with E-state index in [2.05, 4.69) is 10.0 Å². The number of carbonyl (C=O) groups excluding carboxylic acids is 1. The third-order valence-corrected chi connectivity index (χ3v) is 1.78. The summed E-state index contributed by atoms with van der Waals surface area (Å²) in [5, 5.41) is 3.28. The van der Waals surface area contributed by atoms with Gasteiger partial charge in [0, 0.05) is 4.91 Å². The molecule has 1 unspecified atom stereocenters. The van der Waals surface area contributed by atoms with E-state index in [4.69, 9.17) is 10.3 Å². The predicted octanol–water partition coefficient (Wildman–Crippen LogP) is 2.08. The summed E-state index contributed by atoms with van der Waals surface area (Å²) in [7, 11) is 0. The lowest BCUT2D eigenvalue weighted by molar-refractivity contribution is -0.118. The monoisotopic (exact) mass is 205 g/mol. The molecule has 0 radical (unpaired) electrons. The van der Waals surface area contributed by atoms with Gasteiger partial charge >= 0.3 is 0 Å². The first kappa shape index (κ1) is 11.2. The molecule has 5 nitrogen and oxygen atoms in total. The molecule has 5 heteroatoms. The Balaban J connectivity index is 2.40. The zero-order valence-corrected chi connectivity index (χ0v) is 8.11. The zero-order chi connectivity index (χ0) is 10.9. The van der Waals surface area contributed by atoms with Gasteiger partial charge in [-0.25, -0.2) is 0 Å². The molecule has 1 rings (SSSR count). The van der Waals surface area contributed by atoms with Crippen molar-refractivity contribution in [2.24, 2.45) is 5.11 Å². The van der Waals surface area contributed by atoms with Gasteiger partial charge in [0.15, 0.2) is 0 Å². The number of azide groups is 1. The lowest BCUT2D eigenvalue weighted by atomic mass is 10.2. The van der Waals surface area contributed by atoms with Crippen molar-refractivity contribution < 1.29 is 9.53 Å². The van der Waals surface area contributed by atoms with Crippen LogP contribution < -0.4 is 0 Å². The van der Waals surface area contributed by atoms with Gasteiger partial charge in [-0.05, 0) is 11.1 Å². The topological polar surface area (TPSA) is 75.1 Å². The van der Waals surface area contributed by atoms with Gasteiger partial charge in [0.2, 0.25) is 0 Å². The number of hydrogen-bond acceptors (Lipinski definition) is 3. The van der Waals surface area contributed by atoms with E-state index in [1.807, 2.05) is 30.3 Å². The van der Waals surface area contributed by atoms with Crippen LogP contribution in [0.3, 0.4) is 0 Å². The van der Waals surface area contributed by atoms with Crippen LogP contribution in [0.5, 0.6) is 0 Å². The van der Waals surface area contributed by atoms with E-state index in [9.17, 15) is 4.79 Å². The Kier molecular flexibility index (Phi) is 4.94. The highest BCUT2D eigenvalue weighted by Crippen LogP contribution is 2.02. The van der Waals surface area contributed by atoms with Gasteiger partial charge in [0.25, 0.3) is 0 Å². The smallest absolute Gasteiger partial charge is 0.148 e. The molecule has 0 aliphatic heterocycles. The molecule has 0 aromatic heterocycles. The average Bonchev–Trinajstić information content (AvgIpc) is 2.31. The molecule has 0 saturated heterocycles. The quantitative estimate of drug-likeness (QED) is 0.308. The average molecular weight is 205 g/mol. The zero-order valence-electron chi connectivity index (χ0n) is 8.11. The van der Waals surface area contributed by atoms with E-state index in [1.165, 1.54) is 0 Å². The lowest BCUT2D eigenvalue weighted by Gasteiger charge is -2.08. The molecule has 1 atom stereocenters. The van der Waals surface area contributed by atoms with E-state index in [0.717, 1.165) is 5.56 Å². The molecular formula is C10H11N3O2. The van der Waals surface area contributed by atoms with Crippen LogP contribution in [0.25, 0.3) is 10.4 Å². The Labute approximate surface area is 87.3 Å². The third kappa shape index (κ3) is 4.26. The van der Waals surface area contributed by atoms with Crippen molar-refractivity contribution in [3.05, 3.63) is 46.3 Å². The second kappa shape index (κ2) is 6.59. The molecule has 1 aromatic carbocycles. The Morgan fingerprint density at radius 3 is 2.80 bits per heavy atom. The van der Waals surface area contributed by atoms with Crippen molar-refractivity contribution in [1.82, 2.24) is 0 Å². The summed E-state index contributed by atoms with van der Waals surface area (Å²) >= 11 is 0. The number of ether oxygens (including phenoxy) is 1. The van der Waals surface area contributed by atoms with Crippen LogP contribution in [0.2, 0.25) is 0 Å². The summed E-state index contributed by atoms with van der Waals surface area (Å²) < 4.78 is 5.25. The Bertz CT molecular complexity index is 347. The molecule has 15 heavy (non-hydrogen) atoms. The molecule has 0 N–H and O–H groups in total. The summed E-state index contributed by atoms with van der Waals surface area (Å²) in [6.45, 7) is 0.373. The molecular weight excluding hydrogens is 194 g/mol. The molecule has 0 amide bonds. The summed E-state index contributed by atoms with van der Waals surface area (Å²) in [6, 6.07) is 9.48. The van der Waals surface area contributed by atoms with E-state index in [0.29, 0.717) is 12.9 Å². The minimum Gasteiger partial charge on any atom is -0.366 e. The van der Waals surface area contributed by atoms with Gasteiger partial charge in [-0.15, -0.1) is 0 Å². The molecule has 0 aliphatic carbocycles. The number of aldehydes is 1. The maximum atomic E-state index is 10.5. The van der Waals surface area contributed by atoms with Crippen LogP contribution >= 0.6 is 0 Å². The summed E-state index contributed by atoms with van der Waals surface area (Å²) in [4.78, 5) is 13.1. The van der Waals surface area contributed by atoms with E-state index < -0.39 is 6.10 Å². The first-order valence-corrected chi connectivity index (χ1v) is 4.48. The molecule has 0 bridgehead atoms. The van der Waals surface area contributed by atoms with Gasteiger partial charge in [0.1, 0.15) is 12.4 Å². The summed E-state index contributed by atoms with van der Waals surface area (Å²) in [5.74, 6) is 0. The van der Waals surface area contributed by atoms with Crippen molar-refractivity contribution >= 4 is 6.29 Å². The highest BCUT2D eigenvalue weighted by molar-refractivity contribution is 5.56. The molecule has 78 valence electrons. The number of rotatable bonds is 6. The van der Waals surface area contributed by atoms with Gasteiger partial charge in [-0.1, -0.05) is 35.4 Å². The van der Waals surface area contributed by atoms with Crippen LogP contribution in [0.4, 0.5) is 0 Å². The second-order valence-corrected chi connectivity index (χ2v) is 2.88. The fourth-order valence-corrected chi connectivity index (χ4v) is 1.03. The van der Waals surface area contributed by atoms with Crippen LogP contribution in [0.15, 0.2) is 35.4 Å². The second-order valence-electron chi connectivity index (χ2n) is 2.88. The number of carbonyl (C=O) groups is 1. The van der Waals surface area contributed by atoms with Crippen LogP contribution in [-0.4, -0.2) is 18.9 Å². The van der Waals surface area contributed by atoms with Crippen molar-refractivity contribution in [2.75, 3.05) is 6.54 Å². The van der Waals surface area contributed by atoms with Crippen molar-refractivity contribution in [3.8, 4) is 0 Å².